The zero-order valence-electron chi connectivity index (χ0n) is 9.87. The Morgan fingerprint density at radius 3 is 2.61 bits per heavy atom. The zero-order chi connectivity index (χ0) is 13.6. The standard InChI is InChI=1S/C12H13I2NO3/c1-2-18-11(16)15-9-3-4-10(15)12(17,5-7-13)6-8-14/h10,17H,2-4,9H2,1H3/t10-/m0/s1. The predicted octanol–water partition coefficient (Wildman–Crippen LogP) is 2.13. The summed E-state index contributed by atoms with van der Waals surface area (Å²) in [7, 11) is 0. The lowest BCUT2D eigenvalue weighted by molar-refractivity contribution is 0.0458. The molecule has 1 aliphatic heterocycles. The second-order valence-corrected chi connectivity index (χ2v) is 4.83. The molecule has 1 fully saturated rings. The Kier molecular flexibility index (Phi) is 6.53. The molecule has 18 heavy (non-hydrogen) atoms. The first-order chi connectivity index (χ1) is 8.59. The van der Waals surface area contributed by atoms with Crippen LogP contribution in [0.5, 0.6) is 0 Å². The third-order valence-electron chi connectivity index (χ3n) is 2.71. The summed E-state index contributed by atoms with van der Waals surface area (Å²) in [5.41, 5.74) is -1.48. The van der Waals surface area contributed by atoms with Crippen LogP contribution in [0.2, 0.25) is 0 Å². The van der Waals surface area contributed by atoms with Crippen molar-refractivity contribution >= 4 is 51.3 Å². The summed E-state index contributed by atoms with van der Waals surface area (Å²) < 4.78 is 10.3. The average molecular weight is 473 g/mol. The SMILES string of the molecule is CCOC(=O)N1CCC[C@H]1C(O)(C#CI)C#CI. The first-order valence-electron chi connectivity index (χ1n) is 5.50. The van der Waals surface area contributed by atoms with Gasteiger partial charge in [-0.15, -0.1) is 0 Å². The number of carbonyl (C=O) groups is 1. The molecule has 0 aromatic rings. The zero-order valence-corrected chi connectivity index (χ0v) is 14.2. The average Bonchev–Trinajstić information content (AvgIpc) is 2.79. The van der Waals surface area contributed by atoms with Crippen LogP contribution in [0, 0.1) is 19.7 Å². The Labute approximate surface area is 134 Å². The molecule has 0 radical (unpaired) electrons. The predicted molar refractivity (Wildman–Crippen MR) is 85.3 cm³/mol. The molecule has 98 valence electrons. The molecule has 0 aromatic heterocycles. The topological polar surface area (TPSA) is 49.8 Å². The Hall–Kier alpha value is -0.190. The van der Waals surface area contributed by atoms with E-state index in [9.17, 15) is 9.90 Å². The summed E-state index contributed by atoms with van der Waals surface area (Å²) in [5.74, 6) is 5.39. The Bertz CT molecular complexity index is 410. The van der Waals surface area contributed by atoms with Gasteiger partial charge in [-0.05, 0) is 39.5 Å². The highest BCUT2D eigenvalue weighted by molar-refractivity contribution is 14.1. The molecule has 1 aliphatic rings. The van der Waals surface area contributed by atoms with Crippen LogP contribution < -0.4 is 0 Å². The number of carbonyl (C=O) groups excluding carboxylic acids is 1. The van der Waals surface area contributed by atoms with Crippen molar-refractivity contribution in [1.29, 1.82) is 0 Å². The van der Waals surface area contributed by atoms with Crippen molar-refractivity contribution < 1.29 is 14.6 Å². The van der Waals surface area contributed by atoms with E-state index in [2.05, 4.69) is 19.7 Å². The highest BCUT2D eigenvalue weighted by atomic mass is 127. The molecule has 1 N–H and O–H groups in total. The maximum absolute atomic E-state index is 11.8. The molecule has 0 spiro atoms. The maximum atomic E-state index is 11.8. The highest BCUT2D eigenvalue weighted by Crippen LogP contribution is 2.27. The lowest BCUT2D eigenvalue weighted by atomic mass is 9.94. The number of hydrogen-bond donors (Lipinski definition) is 1. The lowest BCUT2D eigenvalue weighted by Gasteiger charge is -2.31. The number of ether oxygens (including phenoxy) is 1. The van der Waals surface area contributed by atoms with E-state index < -0.39 is 17.7 Å². The molecule has 1 saturated heterocycles. The van der Waals surface area contributed by atoms with Gasteiger partial charge in [0, 0.05) is 51.7 Å². The van der Waals surface area contributed by atoms with Crippen molar-refractivity contribution in [2.45, 2.75) is 31.4 Å². The molecular weight excluding hydrogens is 460 g/mol. The van der Waals surface area contributed by atoms with Crippen molar-refractivity contribution in [2.24, 2.45) is 0 Å². The Morgan fingerprint density at radius 1 is 1.50 bits per heavy atom. The van der Waals surface area contributed by atoms with Gasteiger partial charge in [0.15, 0.2) is 0 Å². The minimum Gasteiger partial charge on any atom is -0.450 e. The molecule has 1 rings (SSSR count). The third kappa shape index (κ3) is 3.65. The molecule has 1 heterocycles. The van der Waals surface area contributed by atoms with Crippen molar-refractivity contribution in [3.8, 4) is 19.7 Å². The van der Waals surface area contributed by atoms with E-state index in [1.54, 1.807) is 6.92 Å². The molecule has 1 amide bonds. The molecule has 4 nitrogen and oxygen atoms in total. The highest BCUT2D eigenvalue weighted by Gasteiger charge is 2.43. The lowest BCUT2D eigenvalue weighted by Crippen LogP contribution is -2.50. The van der Waals surface area contributed by atoms with E-state index in [-0.39, 0.29) is 0 Å². The number of nitrogens with zero attached hydrogens (tertiary/aromatic N) is 1. The maximum Gasteiger partial charge on any atom is 0.410 e. The minimum absolute atomic E-state index is 0.316. The molecule has 6 heteroatoms. The number of aliphatic hydroxyl groups is 1. The third-order valence-corrected chi connectivity index (χ3v) is 3.25. The normalized spacial score (nSPS) is 18.4. The molecule has 0 aromatic carbocycles. The van der Waals surface area contributed by atoms with Crippen molar-refractivity contribution in [3.63, 3.8) is 0 Å². The number of likely N-dealkylation sites (tertiary alicyclic amines) is 1. The van der Waals surface area contributed by atoms with Gasteiger partial charge in [-0.25, -0.2) is 4.79 Å². The van der Waals surface area contributed by atoms with Gasteiger partial charge in [0.2, 0.25) is 5.60 Å². The van der Waals surface area contributed by atoms with Gasteiger partial charge >= 0.3 is 6.09 Å². The van der Waals surface area contributed by atoms with Gasteiger partial charge < -0.3 is 14.7 Å². The van der Waals surface area contributed by atoms with E-state index in [0.717, 1.165) is 6.42 Å². The first kappa shape index (κ1) is 15.9. The van der Waals surface area contributed by atoms with Crippen LogP contribution in [0.15, 0.2) is 0 Å². The quantitative estimate of drug-likeness (QED) is 0.495. The van der Waals surface area contributed by atoms with Crippen LogP contribution in [-0.4, -0.2) is 40.9 Å². The summed E-state index contributed by atoms with van der Waals surface area (Å²) >= 11 is 3.71. The Morgan fingerprint density at radius 2 is 2.11 bits per heavy atom. The van der Waals surface area contributed by atoms with Crippen molar-refractivity contribution in [3.05, 3.63) is 0 Å². The number of hydrogen-bond acceptors (Lipinski definition) is 3. The molecule has 0 unspecified atom stereocenters. The van der Waals surface area contributed by atoms with E-state index in [4.69, 9.17) is 4.74 Å². The molecule has 0 saturated carbocycles. The van der Waals surface area contributed by atoms with Crippen LogP contribution in [0.1, 0.15) is 19.8 Å². The summed E-state index contributed by atoms with van der Waals surface area (Å²) in [6.07, 6.45) is 1.08. The summed E-state index contributed by atoms with van der Waals surface area (Å²) in [4.78, 5) is 13.3. The van der Waals surface area contributed by atoms with Crippen LogP contribution in [0.4, 0.5) is 4.79 Å². The fraction of sp³-hybridized carbons (Fsp3) is 0.583. The first-order valence-corrected chi connectivity index (χ1v) is 7.66. The molecule has 0 bridgehead atoms. The van der Waals surface area contributed by atoms with E-state index in [1.807, 2.05) is 45.2 Å². The molecular formula is C12H13I2NO3. The van der Waals surface area contributed by atoms with Gasteiger partial charge in [0.1, 0.15) is 0 Å². The summed E-state index contributed by atoms with van der Waals surface area (Å²) in [6, 6.07) is -0.430. The van der Waals surface area contributed by atoms with Crippen LogP contribution in [-0.2, 0) is 4.74 Å². The van der Waals surface area contributed by atoms with Gasteiger partial charge in [-0.3, -0.25) is 0 Å². The van der Waals surface area contributed by atoms with E-state index >= 15 is 0 Å². The van der Waals surface area contributed by atoms with Crippen molar-refractivity contribution in [1.82, 2.24) is 4.90 Å². The second-order valence-electron chi connectivity index (χ2n) is 3.76. The van der Waals surface area contributed by atoms with Gasteiger partial charge in [0.05, 0.1) is 12.6 Å². The summed E-state index contributed by atoms with van der Waals surface area (Å²) in [5, 5.41) is 10.5. The van der Waals surface area contributed by atoms with Crippen LogP contribution >= 0.6 is 45.2 Å². The smallest absolute Gasteiger partial charge is 0.410 e. The van der Waals surface area contributed by atoms with Crippen LogP contribution in [0.25, 0.3) is 0 Å². The second kappa shape index (κ2) is 7.41. The van der Waals surface area contributed by atoms with Gasteiger partial charge in [-0.2, -0.15) is 0 Å². The number of rotatable bonds is 2. The summed E-state index contributed by atoms with van der Waals surface area (Å²) in [6.45, 7) is 2.64. The fourth-order valence-electron chi connectivity index (χ4n) is 1.97. The van der Waals surface area contributed by atoms with Crippen molar-refractivity contribution in [2.75, 3.05) is 13.2 Å². The monoisotopic (exact) mass is 473 g/mol. The number of amides is 1. The number of halogens is 2. The van der Waals surface area contributed by atoms with Crippen LogP contribution in [0.3, 0.4) is 0 Å². The Balaban J connectivity index is 2.98. The van der Waals surface area contributed by atoms with E-state index in [0.29, 0.717) is 19.6 Å². The molecule has 1 atom stereocenters. The van der Waals surface area contributed by atoms with E-state index in [1.165, 1.54) is 4.90 Å². The largest absolute Gasteiger partial charge is 0.450 e. The fourth-order valence-corrected chi connectivity index (χ4v) is 2.79. The van der Waals surface area contributed by atoms with Gasteiger partial charge in [-0.1, -0.05) is 0 Å². The minimum atomic E-state index is -1.48. The van der Waals surface area contributed by atoms with Gasteiger partial charge in [0.25, 0.3) is 0 Å². The molecule has 0 aliphatic carbocycles.